The number of amides is 1. The molecule has 7 nitrogen and oxygen atoms in total. The first-order valence-electron chi connectivity index (χ1n) is 9.60. The third kappa shape index (κ3) is 4.81. The van der Waals surface area contributed by atoms with Crippen LogP contribution >= 0.6 is 0 Å². The molecule has 7 heteroatoms. The molecule has 0 bridgehead atoms. The summed E-state index contributed by atoms with van der Waals surface area (Å²) in [6.45, 7) is 2.47. The zero-order chi connectivity index (χ0) is 20.8. The minimum Gasteiger partial charge on any atom is -0.496 e. The highest BCUT2D eigenvalue weighted by atomic mass is 16.5. The number of nitrogens with zero attached hydrogens (tertiary/aromatic N) is 1. The van der Waals surface area contributed by atoms with Crippen LogP contribution in [0.15, 0.2) is 36.4 Å². The van der Waals surface area contributed by atoms with E-state index in [4.69, 9.17) is 24.7 Å². The summed E-state index contributed by atoms with van der Waals surface area (Å²) in [5, 5.41) is 0. The number of nitrogens with two attached hydrogens (primary N) is 1. The second kappa shape index (κ2) is 9.62. The Labute approximate surface area is 171 Å². The van der Waals surface area contributed by atoms with E-state index < -0.39 is 0 Å². The first kappa shape index (κ1) is 21.0. The van der Waals surface area contributed by atoms with Crippen molar-refractivity contribution in [2.45, 2.75) is 13.0 Å². The summed E-state index contributed by atoms with van der Waals surface area (Å²) in [6.07, 6.45) is 0.951. The molecule has 1 aliphatic rings. The van der Waals surface area contributed by atoms with Crippen molar-refractivity contribution in [3.63, 3.8) is 0 Å². The molecule has 0 aliphatic carbocycles. The lowest BCUT2D eigenvalue weighted by molar-refractivity contribution is 0.0775. The number of hydrogen-bond acceptors (Lipinski definition) is 6. The molecule has 29 heavy (non-hydrogen) atoms. The van der Waals surface area contributed by atoms with Crippen molar-refractivity contribution in [2.24, 2.45) is 11.7 Å². The summed E-state index contributed by atoms with van der Waals surface area (Å²) >= 11 is 0. The van der Waals surface area contributed by atoms with Gasteiger partial charge in [-0.15, -0.1) is 0 Å². The molecule has 3 rings (SSSR count). The van der Waals surface area contributed by atoms with E-state index >= 15 is 0 Å². The predicted molar refractivity (Wildman–Crippen MR) is 110 cm³/mol. The van der Waals surface area contributed by atoms with Gasteiger partial charge in [0.2, 0.25) is 0 Å². The van der Waals surface area contributed by atoms with Crippen LogP contribution in [0.25, 0.3) is 0 Å². The van der Waals surface area contributed by atoms with Gasteiger partial charge >= 0.3 is 0 Å². The van der Waals surface area contributed by atoms with E-state index in [1.54, 1.807) is 45.6 Å². The monoisotopic (exact) mass is 400 g/mol. The zero-order valence-electron chi connectivity index (χ0n) is 17.1. The summed E-state index contributed by atoms with van der Waals surface area (Å²) < 4.78 is 22.0. The topological polar surface area (TPSA) is 83.2 Å². The predicted octanol–water partition coefficient (Wildman–Crippen LogP) is 3.06. The van der Waals surface area contributed by atoms with Gasteiger partial charge in [0.15, 0.2) is 11.5 Å². The van der Waals surface area contributed by atoms with Crippen molar-refractivity contribution >= 4 is 5.91 Å². The highest BCUT2D eigenvalue weighted by molar-refractivity contribution is 5.95. The highest BCUT2D eigenvalue weighted by Crippen LogP contribution is 2.35. The number of benzene rings is 2. The molecule has 1 aliphatic heterocycles. The number of carbonyl (C=O) groups is 1. The standard InChI is InChI=1S/C22H28N2O5/c1-26-14-15-8-9-24(13-15)22(25)16-5-7-19(27-2)21(10-16)29-18-6-4-17(12-23)20(11-18)28-3/h4-7,10-11,15H,8-9,12-14,23H2,1-3H3. The van der Waals surface area contributed by atoms with E-state index in [1.807, 2.05) is 17.0 Å². The van der Waals surface area contributed by atoms with Gasteiger partial charge in [0.1, 0.15) is 11.5 Å². The third-order valence-electron chi connectivity index (χ3n) is 5.09. The average Bonchev–Trinajstić information content (AvgIpc) is 3.22. The fraction of sp³-hybridized carbons (Fsp3) is 0.409. The minimum absolute atomic E-state index is 0.0211. The Hall–Kier alpha value is -2.77. The lowest BCUT2D eigenvalue weighted by Gasteiger charge is -2.18. The summed E-state index contributed by atoms with van der Waals surface area (Å²) in [5.74, 6) is 2.59. The molecule has 2 aromatic rings. The molecular weight excluding hydrogens is 372 g/mol. The van der Waals surface area contributed by atoms with Crippen LogP contribution in [0.4, 0.5) is 0 Å². The van der Waals surface area contributed by atoms with Gasteiger partial charge < -0.3 is 29.6 Å². The molecule has 0 spiro atoms. The van der Waals surface area contributed by atoms with E-state index in [0.717, 1.165) is 18.5 Å². The zero-order valence-corrected chi connectivity index (χ0v) is 17.1. The van der Waals surface area contributed by atoms with E-state index in [1.165, 1.54) is 0 Å². The lowest BCUT2D eigenvalue weighted by atomic mass is 10.1. The number of likely N-dealkylation sites (tertiary alicyclic amines) is 1. The quantitative estimate of drug-likeness (QED) is 0.733. The number of ether oxygens (including phenoxy) is 4. The highest BCUT2D eigenvalue weighted by Gasteiger charge is 2.27. The molecule has 2 N–H and O–H groups in total. The fourth-order valence-electron chi connectivity index (χ4n) is 3.54. The van der Waals surface area contributed by atoms with Gasteiger partial charge in [-0.25, -0.2) is 0 Å². The van der Waals surface area contributed by atoms with E-state index in [2.05, 4.69) is 0 Å². The Kier molecular flexibility index (Phi) is 6.95. The fourth-order valence-corrected chi connectivity index (χ4v) is 3.54. The van der Waals surface area contributed by atoms with Gasteiger partial charge in [0.25, 0.3) is 5.91 Å². The molecule has 0 radical (unpaired) electrons. The SMILES string of the molecule is COCC1CCN(C(=O)c2ccc(OC)c(Oc3ccc(CN)c(OC)c3)c2)C1. The van der Waals surface area contributed by atoms with Crippen molar-refractivity contribution in [1.82, 2.24) is 4.90 Å². The second-order valence-electron chi connectivity index (χ2n) is 7.01. The number of carbonyl (C=O) groups excluding carboxylic acids is 1. The Morgan fingerprint density at radius 1 is 1.07 bits per heavy atom. The Balaban J connectivity index is 1.81. The smallest absolute Gasteiger partial charge is 0.254 e. The average molecular weight is 400 g/mol. The molecule has 1 amide bonds. The van der Waals surface area contributed by atoms with E-state index in [9.17, 15) is 4.79 Å². The molecule has 2 aromatic carbocycles. The van der Waals surface area contributed by atoms with Crippen LogP contribution in [-0.2, 0) is 11.3 Å². The van der Waals surface area contributed by atoms with Crippen LogP contribution in [0.2, 0.25) is 0 Å². The van der Waals surface area contributed by atoms with Crippen LogP contribution in [0, 0.1) is 5.92 Å². The Morgan fingerprint density at radius 2 is 1.86 bits per heavy atom. The van der Waals surface area contributed by atoms with Gasteiger partial charge in [-0.1, -0.05) is 6.07 Å². The molecule has 1 saturated heterocycles. The molecular formula is C22H28N2O5. The summed E-state index contributed by atoms with van der Waals surface area (Å²) in [5.41, 5.74) is 7.17. The Bertz CT molecular complexity index is 855. The number of hydrogen-bond donors (Lipinski definition) is 1. The summed E-state index contributed by atoms with van der Waals surface area (Å²) in [6, 6.07) is 10.7. The van der Waals surface area contributed by atoms with E-state index in [-0.39, 0.29) is 5.91 Å². The maximum absolute atomic E-state index is 12.9. The molecule has 0 aromatic heterocycles. The maximum Gasteiger partial charge on any atom is 0.254 e. The van der Waals surface area contributed by atoms with Crippen LogP contribution < -0.4 is 19.9 Å². The van der Waals surface area contributed by atoms with Crippen molar-refractivity contribution in [3.05, 3.63) is 47.5 Å². The van der Waals surface area contributed by atoms with E-state index in [0.29, 0.717) is 54.2 Å². The van der Waals surface area contributed by atoms with Gasteiger partial charge in [-0.3, -0.25) is 4.79 Å². The van der Waals surface area contributed by atoms with Gasteiger partial charge in [-0.2, -0.15) is 0 Å². The van der Waals surface area contributed by atoms with Gasteiger partial charge in [-0.05, 0) is 30.7 Å². The summed E-state index contributed by atoms with van der Waals surface area (Å²) in [4.78, 5) is 14.8. The normalized spacial score (nSPS) is 16.0. The van der Waals surface area contributed by atoms with Crippen molar-refractivity contribution in [3.8, 4) is 23.0 Å². The van der Waals surface area contributed by atoms with Crippen molar-refractivity contribution < 1.29 is 23.7 Å². The summed E-state index contributed by atoms with van der Waals surface area (Å²) in [7, 11) is 4.84. The van der Waals surface area contributed by atoms with Crippen LogP contribution in [-0.4, -0.2) is 51.8 Å². The number of methoxy groups -OCH3 is 3. The van der Waals surface area contributed by atoms with Crippen molar-refractivity contribution in [2.75, 3.05) is 41.0 Å². The molecule has 1 heterocycles. The molecule has 1 atom stereocenters. The van der Waals surface area contributed by atoms with Gasteiger partial charge in [0.05, 0.1) is 20.8 Å². The lowest BCUT2D eigenvalue weighted by Crippen LogP contribution is -2.29. The first-order valence-corrected chi connectivity index (χ1v) is 9.60. The molecule has 0 saturated carbocycles. The molecule has 1 fully saturated rings. The molecule has 156 valence electrons. The first-order chi connectivity index (χ1) is 14.1. The van der Waals surface area contributed by atoms with Crippen LogP contribution in [0.1, 0.15) is 22.3 Å². The number of rotatable bonds is 8. The maximum atomic E-state index is 12.9. The van der Waals surface area contributed by atoms with Crippen LogP contribution in [0.3, 0.4) is 0 Å². The molecule has 1 unspecified atom stereocenters. The Morgan fingerprint density at radius 3 is 2.55 bits per heavy atom. The second-order valence-corrected chi connectivity index (χ2v) is 7.01. The van der Waals surface area contributed by atoms with Gasteiger partial charge in [0, 0.05) is 49.9 Å². The third-order valence-corrected chi connectivity index (χ3v) is 5.09. The van der Waals surface area contributed by atoms with Crippen molar-refractivity contribution in [1.29, 1.82) is 0 Å². The largest absolute Gasteiger partial charge is 0.496 e. The van der Waals surface area contributed by atoms with Crippen LogP contribution in [0.5, 0.6) is 23.0 Å². The minimum atomic E-state index is -0.0211.